The van der Waals surface area contributed by atoms with Crippen molar-refractivity contribution in [1.29, 1.82) is 0 Å². The van der Waals surface area contributed by atoms with Gasteiger partial charge in [0.15, 0.2) is 0 Å². The maximum Gasteiger partial charge on any atom is 0.118 e. The van der Waals surface area contributed by atoms with Crippen molar-refractivity contribution in [2.75, 3.05) is 7.11 Å². The maximum absolute atomic E-state index is 10.3. The Kier molecular flexibility index (Phi) is 3.90. The standard InChI is InChI=1S/C15H15ClO2/c1-10-7-12(9-13(16)8-10)15(17)11-3-5-14(18-2)6-4-11/h3-9,15,17H,1-2H3. The maximum atomic E-state index is 10.3. The highest BCUT2D eigenvalue weighted by Crippen LogP contribution is 2.26. The highest BCUT2D eigenvalue weighted by Gasteiger charge is 2.11. The SMILES string of the molecule is COc1ccc(C(O)c2cc(C)cc(Cl)c2)cc1. The van der Waals surface area contributed by atoms with Gasteiger partial charge in [-0.3, -0.25) is 0 Å². The third-order valence-electron chi connectivity index (χ3n) is 2.81. The number of aliphatic hydroxyl groups is 1. The van der Waals surface area contributed by atoms with Gasteiger partial charge in [0.05, 0.1) is 7.11 Å². The van der Waals surface area contributed by atoms with Crippen molar-refractivity contribution in [2.24, 2.45) is 0 Å². The molecule has 2 aromatic rings. The van der Waals surface area contributed by atoms with Crippen LogP contribution in [0, 0.1) is 6.92 Å². The first-order valence-corrected chi connectivity index (χ1v) is 6.07. The lowest BCUT2D eigenvalue weighted by Gasteiger charge is -2.13. The molecule has 2 nitrogen and oxygen atoms in total. The van der Waals surface area contributed by atoms with Crippen molar-refractivity contribution in [1.82, 2.24) is 0 Å². The lowest BCUT2D eigenvalue weighted by atomic mass is 10.00. The summed E-state index contributed by atoms with van der Waals surface area (Å²) in [5.74, 6) is 0.772. The Balaban J connectivity index is 2.31. The van der Waals surface area contributed by atoms with E-state index in [0.29, 0.717) is 5.02 Å². The first-order valence-electron chi connectivity index (χ1n) is 5.69. The Morgan fingerprint density at radius 3 is 2.28 bits per heavy atom. The van der Waals surface area contributed by atoms with E-state index in [-0.39, 0.29) is 0 Å². The minimum absolute atomic E-state index is 0.637. The third-order valence-corrected chi connectivity index (χ3v) is 3.03. The lowest BCUT2D eigenvalue weighted by molar-refractivity contribution is 0.220. The third kappa shape index (κ3) is 2.84. The molecular formula is C15H15ClO2. The lowest BCUT2D eigenvalue weighted by Crippen LogP contribution is -2.00. The predicted molar refractivity (Wildman–Crippen MR) is 73.2 cm³/mol. The molecule has 0 bridgehead atoms. The van der Waals surface area contributed by atoms with Crippen LogP contribution in [0.4, 0.5) is 0 Å². The zero-order valence-corrected chi connectivity index (χ0v) is 11.1. The molecule has 0 radical (unpaired) electrons. The van der Waals surface area contributed by atoms with Crippen LogP contribution in [0.25, 0.3) is 0 Å². The molecule has 2 aromatic carbocycles. The number of hydrogen-bond donors (Lipinski definition) is 1. The zero-order valence-electron chi connectivity index (χ0n) is 10.4. The van der Waals surface area contributed by atoms with Crippen LogP contribution in [0.3, 0.4) is 0 Å². The summed E-state index contributed by atoms with van der Waals surface area (Å²) in [5.41, 5.74) is 2.65. The molecule has 0 aliphatic carbocycles. The van der Waals surface area contributed by atoms with Gasteiger partial charge in [0.2, 0.25) is 0 Å². The molecule has 0 aliphatic rings. The van der Waals surface area contributed by atoms with Crippen molar-refractivity contribution in [3.05, 3.63) is 64.2 Å². The highest BCUT2D eigenvalue weighted by atomic mass is 35.5. The summed E-state index contributed by atoms with van der Waals surface area (Å²) >= 11 is 6.00. The molecule has 1 atom stereocenters. The number of benzene rings is 2. The van der Waals surface area contributed by atoms with Crippen molar-refractivity contribution >= 4 is 11.6 Å². The Morgan fingerprint density at radius 2 is 1.72 bits per heavy atom. The molecule has 0 heterocycles. The van der Waals surface area contributed by atoms with Gasteiger partial charge in [-0.1, -0.05) is 29.8 Å². The summed E-state index contributed by atoms with van der Waals surface area (Å²) in [6.07, 6.45) is -0.673. The Bertz CT molecular complexity index is 514. The number of hydrogen-bond acceptors (Lipinski definition) is 2. The highest BCUT2D eigenvalue weighted by molar-refractivity contribution is 6.30. The van der Waals surface area contributed by atoms with E-state index in [9.17, 15) is 5.11 Å². The van der Waals surface area contributed by atoms with Gasteiger partial charge in [0.1, 0.15) is 11.9 Å². The molecule has 0 spiro atoms. The minimum atomic E-state index is -0.673. The summed E-state index contributed by atoms with van der Waals surface area (Å²) in [6, 6.07) is 12.9. The Labute approximate surface area is 112 Å². The second-order valence-corrected chi connectivity index (χ2v) is 4.67. The molecule has 94 valence electrons. The molecule has 1 N–H and O–H groups in total. The number of methoxy groups -OCH3 is 1. The van der Waals surface area contributed by atoms with E-state index in [1.807, 2.05) is 43.3 Å². The zero-order chi connectivity index (χ0) is 13.1. The second-order valence-electron chi connectivity index (χ2n) is 4.24. The van der Waals surface area contributed by atoms with Gasteiger partial charge >= 0.3 is 0 Å². The van der Waals surface area contributed by atoms with Crippen molar-refractivity contribution in [3.63, 3.8) is 0 Å². The summed E-state index contributed by atoms with van der Waals surface area (Å²) in [7, 11) is 1.62. The fraction of sp³-hybridized carbons (Fsp3) is 0.200. The average molecular weight is 263 g/mol. The van der Waals surface area contributed by atoms with Crippen LogP contribution in [-0.4, -0.2) is 12.2 Å². The van der Waals surface area contributed by atoms with E-state index in [2.05, 4.69) is 0 Å². The molecule has 0 aliphatic heterocycles. The van der Waals surface area contributed by atoms with Gasteiger partial charge in [-0.05, 0) is 47.9 Å². The molecule has 3 heteroatoms. The fourth-order valence-corrected chi connectivity index (χ4v) is 2.20. The van der Waals surface area contributed by atoms with Gasteiger partial charge in [0.25, 0.3) is 0 Å². The molecule has 0 saturated heterocycles. The van der Waals surface area contributed by atoms with E-state index in [4.69, 9.17) is 16.3 Å². The smallest absolute Gasteiger partial charge is 0.118 e. The largest absolute Gasteiger partial charge is 0.497 e. The molecular weight excluding hydrogens is 248 g/mol. The number of ether oxygens (including phenoxy) is 1. The van der Waals surface area contributed by atoms with Crippen LogP contribution >= 0.6 is 11.6 Å². The van der Waals surface area contributed by atoms with Crippen molar-refractivity contribution in [2.45, 2.75) is 13.0 Å². The van der Waals surface area contributed by atoms with E-state index >= 15 is 0 Å². The van der Waals surface area contributed by atoms with Crippen LogP contribution in [-0.2, 0) is 0 Å². The molecule has 0 aromatic heterocycles. The van der Waals surface area contributed by atoms with Gasteiger partial charge < -0.3 is 9.84 Å². The molecule has 2 rings (SSSR count). The van der Waals surface area contributed by atoms with Gasteiger partial charge in [-0.25, -0.2) is 0 Å². The topological polar surface area (TPSA) is 29.5 Å². The monoisotopic (exact) mass is 262 g/mol. The second kappa shape index (κ2) is 5.42. The number of aryl methyl sites for hydroxylation is 1. The summed E-state index contributed by atoms with van der Waals surface area (Å²) < 4.78 is 5.09. The fourth-order valence-electron chi connectivity index (χ4n) is 1.90. The molecule has 0 amide bonds. The Hall–Kier alpha value is -1.51. The average Bonchev–Trinajstić information content (AvgIpc) is 2.37. The van der Waals surface area contributed by atoms with Crippen LogP contribution in [0.1, 0.15) is 22.8 Å². The van der Waals surface area contributed by atoms with E-state index in [1.165, 1.54) is 0 Å². The van der Waals surface area contributed by atoms with Crippen molar-refractivity contribution in [3.8, 4) is 5.75 Å². The van der Waals surface area contributed by atoms with Gasteiger partial charge in [-0.15, -0.1) is 0 Å². The predicted octanol–water partition coefficient (Wildman–Crippen LogP) is 3.74. The summed E-state index contributed by atoms with van der Waals surface area (Å²) in [4.78, 5) is 0. The van der Waals surface area contributed by atoms with Crippen molar-refractivity contribution < 1.29 is 9.84 Å². The summed E-state index contributed by atoms with van der Waals surface area (Å²) in [5, 5.41) is 10.9. The van der Waals surface area contributed by atoms with Gasteiger partial charge in [0, 0.05) is 5.02 Å². The first-order chi connectivity index (χ1) is 8.60. The summed E-state index contributed by atoms with van der Waals surface area (Å²) in [6.45, 7) is 1.95. The number of aliphatic hydroxyl groups excluding tert-OH is 1. The van der Waals surface area contributed by atoms with Crippen LogP contribution in [0.15, 0.2) is 42.5 Å². The number of rotatable bonds is 3. The minimum Gasteiger partial charge on any atom is -0.497 e. The van der Waals surface area contributed by atoms with E-state index in [0.717, 1.165) is 22.4 Å². The number of halogens is 1. The van der Waals surface area contributed by atoms with Crippen LogP contribution < -0.4 is 4.74 Å². The van der Waals surface area contributed by atoms with Crippen LogP contribution in [0.5, 0.6) is 5.75 Å². The van der Waals surface area contributed by atoms with E-state index in [1.54, 1.807) is 13.2 Å². The van der Waals surface area contributed by atoms with Crippen LogP contribution in [0.2, 0.25) is 5.02 Å². The molecule has 0 saturated carbocycles. The molecule has 1 unspecified atom stereocenters. The Morgan fingerprint density at radius 1 is 1.06 bits per heavy atom. The normalized spacial score (nSPS) is 12.2. The van der Waals surface area contributed by atoms with Gasteiger partial charge in [-0.2, -0.15) is 0 Å². The molecule has 0 fully saturated rings. The quantitative estimate of drug-likeness (QED) is 0.913. The van der Waals surface area contributed by atoms with E-state index < -0.39 is 6.10 Å². The molecule has 18 heavy (non-hydrogen) atoms. The first kappa shape index (κ1) is 12.9.